The fourth-order valence-electron chi connectivity index (χ4n) is 4.73. The maximum absolute atomic E-state index is 13.0. The van der Waals surface area contributed by atoms with Gasteiger partial charge in [-0.2, -0.15) is 0 Å². The Bertz CT molecular complexity index is 1000. The summed E-state index contributed by atoms with van der Waals surface area (Å²) in [5.41, 5.74) is 3.40. The van der Waals surface area contributed by atoms with E-state index in [9.17, 15) is 14.4 Å². The minimum absolute atomic E-state index is 0.0620. The number of hydrogen-bond acceptors (Lipinski definition) is 4. The molecule has 0 aromatic heterocycles. The third-order valence-electron chi connectivity index (χ3n) is 6.46. The lowest BCUT2D eigenvalue weighted by Crippen LogP contribution is -2.64. The maximum atomic E-state index is 13.0. The molecule has 1 fully saturated rings. The van der Waals surface area contributed by atoms with E-state index < -0.39 is 23.5 Å². The SMILES string of the molecule is CCCC(C)(NC(=O)OCC1c2ccccc2-c2ccccc21)C(=O)N1CC(C(=O)O)C1. The number of amides is 2. The Morgan fingerprint density at radius 3 is 2.16 bits per heavy atom. The summed E-state index contributed by atoms with van der Waals surface area (Å²) >= 11 is 0. The van der Waals surface area contributed by atoms with Crippen molar-refractivity contribution in [2.45, 2.75) is 38.1 Å². The summed E-state index contributed by atoms with van der Waals surface area (Å²) in [7, 11) is 0. The number of nitrogens with zero attached hydrogens (tertiary/aromatic N) is 1. The van der Waals surface area contributed by atoms with E-state index in [1.807, 2.05) is 31.2 Å². The standard InChI is InChI=1S/C25H28N2O5/c1-3-12-25(2,23(30)27-13-16(14-27)22(28)29)26-24(31)32-15-21-19-10-6-4-8-17(19)18-9-5-7-11-20(18)21/h4-11,16,21H,3,12-15H2,1-2H3,(H,26,31)(H,28,29). The number of carboxylic acid groups (broad SMARTS) is 1. The quantitative estimate of drug-likeness (QED) is 0.691. The predicted octanol–water partition coefficient (Wildman–Crippen LogP) is 3.63. The molecule has 0 saturated carbocycles. The highest BCUT2D eigenvalue weighted by atomic mass is 16.5. The highest BCUT2D eigenvalue weighted by Crippen LogP contribution is 2.44. The molecule has 1 aliphatic carbocycles. The minimum atomic E-state index is -1.14. The van der Waals surface area contributed by atoms with E-state index in [4.69, 9.17) is 9.84 Å². The lowest BCUT2D eigenvalue weighted by atomic mass is 9.90. The number of fused-ring (bicyclic) bond motifs is 3. The van der Waals surface area contributed by atoms with Crippen molar-refractivity contribution < 1.29 is 24.2 Å². The second kappa shape index (κ2) is 8.65. The molecule has 7 heteroatoms. The molecular weight excluding hydrogens is 408 g/mol. The number of carbonyl (C=O) groups is 3. The molecule has 2 aliphatic rings. The molecule has 0 radical (unpaired) electrons. The first kappa shape index (κ1) is 21.9. The van der Waals surface area contributed by atoms with Gasteiger partial charge in [-0.05, 0) is 35.6 Å². The normalized spacial score (nSPS) is 17.0. The van der Waals surface area contributed by atoms with Gasteiger partial charge in [-0.15, -0.1) is 0 Å². The summed E-state index contributed by atoms with van der Waals surface area (Å²) in [5.74, 6) is -1.78. The number of hydrogen-bond donors (Lipinski definition) is 2. The molecule has 1 saturated heterocycles. The van der Waals surface area contributed by atoms with Crippen LogP contribution in [0, 0.1) is 5.92 Å². The van der Waals surface area contributed by atoms with Crippen LogP contribution in [-0.4, -0.2) is 53.2 Å². The first-order valence-corrected chi connectivity index (χ1v) is 11.0. The van der Waals surface area contributed by atoms with E-state index in [0.717, 1.165) is 22.3 Å². The molecule has 2 aromatic carbocycles. The Morgan fingerprint density at radius 1 is 1.06 bits per heavy atom. The Labute approximate surface area is 187 Å². The van der Waals surface area contributed by atoms with Crippen LogP contribution in [-0.2, 0) is 14.3 Å². The summed E-state index contributed by atoms with van der Waals surface area (Å²) in [6.45, 7) is 4.11. The number of likely N-dealkylation sites (tertiary alicyclic amines) is 1. The van der Waals surface area contributed by atoms with E-state index in [2.05, 4.69) is 29.6 Å². The number of aliphatic carboxylic acids is 1. The van der Waals surface area contributed by atoms with Crippen molar-refractivity contribution in [3.05, 3.63) is 59.7 Å². The van der Waals surface area contributed by atoms with Gasteiger partial charge in [-0.3, -0.25) is 9.59 Å². The van der Waals surface area contributed by atoms with Gasteiger partial charge in [0, 0.05) is 19.0 Å². The third-order valence-corrected chi connectivity index (χ3v) is 6.46. The second-order valence-corrected chi connectivity index (χ2v) is 8.78. The van der Waals surface area contributed by atoms with Gasteiger partial charge < -0.3 is 20.1 Å². The summed E-state index contributed by atoms with van der Waals surface area (Å²) in [6, 6.07) is 16.2. The van der Waals surface area contributed by atoms with Gasteiger partial charge in [0.1, 0.15) is 12.1 Å². The molecule has 2 aromatic rings. The zero-order valence-electron chi connectivity index (χ0n) is 18.3. The zero-order valence-corrected chi connectivity index (χ0v) is 18.3. The lowest BCUT2D eigenvalue weighted by molar-refractivity contribution is -0.155. The number of benzene rings is 2. The number of carboxylic acids is 1. The number of ether oxygens (including phenoxy) is 1. The van der Waals surface area contributed by atoms with Crippen LogP contribution in [0.5, 0.6) is 0 Å². The van der Waals surface area contributed by atoms with Gasteiger partial charge in [0.15, 0.2) is 0 Å². The molecule has 0 spiro atoms. The number of rotatable bonds is 7. The van der Waals surface area contributed by atoms with Crippen LogP contribution in [0.2, 0.25) is 0 Å². The van der Waals surface area contributed by atoms with Crippen LogP contribution in [0.25, 0.3) is 11.1 Å². The topological polar surface area (TPSA) is 95.9 Å². The summed E-state index contributed by atoms with van der Waals surface area (Å²) in [5, 5.41) is 11.8. The van der Waals surface area contributed by atoms with Crippen molar-refractivity contribution in [1.82, 2.24) is 10.2 Å². The smallest absolute Gasteiger partial charge is 0.408 e. The first-order chi connectivity index (χ1) is 15.3. The van der Waals surface area contributed by atoms with Gasteiger partial charge in [-0.25, -0.2) is 4.79 Å². The van der Waals surface area contributed by atoms with Gasteiger partial charge in [0.2, 0.25) is 5.91 Å². The molecule has 7 nitrogen and oxygen atoms in total. The number of alkyl carbamates (subject to hydrolysis) is 1. The molecule has 4 rings (SSSR count). The fourth-order valence-corrected chi connectivity index (χ4v) is 4.73. The van der Waals surface area contributed by atoms with E-state index in [-0.39, 0.29) is 31.5 Å². The van der Waals surface area contributed by atoms with Crippen LogP contribution >= 0.6 is 0 Å². The zero-order chi connectivity index (χ0) is 22.9. The van der Waals surface area contributed by atoms with Crippen molar-refractivity contribution >= 4 is 18.0 Å². The average Bonchev–Trinajstić information content (AvgIpc) is 3.05. The molecule has 168 valence electrons. The molecule has 0 bridgehead atoms. The van der Waals surface area contributed by atoms with Crippen molar-refractivity contribution in [1.29, 1.82) is 0 Å². The van der Waals surface area contributed by atoms with E-state index in [1.165, 1.54) is 4.90 Å². The molecule has 32 heavy (non-hydrogen) atoms. The molecule has 1 heterocycles. The van der Waals surface area contributed by atoms with Crippen molar-refractivity contribution in [3.63, 3.8) is 0 Å². The molecule has 2 N–H and O–H groups in total. The Balaban J connectivity index is 1.42. The van der Waals surface area contributed by atoms with Crippen molar-refractivity contribution in [2.75, 3.05) is 19.7 Å². The third kappa shape index (κ3) is 3.95. The van der Waals surface area contributed by atoms with Gasteiger partial charge in [0.25, 0.3) is 0 Å². The van der Waals surface area contributed by atoms with Crippen LogP contribution in [0.1, 0.15) is 43.7 Å². The highest BCUT2D eigenvalue weighted by molar-refractivity contribution is 5.91. The van der Waals surface area contributed by atoms with E-state index >= 15 is 0 Å². The largest absolute Gasteiger partial charge is 0.481 e. The Kier molecular flexibility index (Phi) is 5.91. The maximum Gasteiger partial charge on any atom is 0.408 e. The van der Waals surface area contributed by atoms with Crippen molar-refractivity contribution in [3.8, 4) is 11.1 Å². The van der Waals surface area contributed by atoms with Gasteiger partial charge >= 0.3 is 12.1 Å². The predicted molar refractivity (Wildman–Crippen MR) is 119 cm³/mol. The molecule has 1 atom stereocenters. The second-order valence-electron chi connectivity index (χ2n) is 8.78. The highest BCUT2D eigenvalue weighted by Gasteiger charge is 2.44. The Morgan fingerprint density at radius 2 is 1.62 bits per heavy atom. The van der Waals surface area contributed by atoms with Gasteiger partial charge in [-0.1, -0.05) is 61.9 Å². The van der Waals surface area contributed by atoms with Crippen molar-refractivity contribution in [2.24, 2.45) is 5.92 Å². The lowest BCUT2D eigenvalue weighted by Gasteiger charge is -2.42. The van der Waals surface area contributed by atoms with Crippen LogP contribution < -0.4 is 5.32 Å². The van der Waals surface area contributed by atoms with Crippen LogP contribution in [0.15, 0.2) is 48.5 Å². The van der Waals surface area contributed by atoms with Gasteiger partial charge in [0.05, 0.1) is 5.92 Å². The summed E-state index contributed by atoms with van der Waals surface area (Å²) in [6.07, 6.45) is 0.471. The van der Waals surface area contributed by atoms with E-state index in [1.54, 1.807) is 6.92 Å². The van der Waals surface area contributed by atoms with Crippen LogP contribution in [0.4, 0.5) is 4.79 Å². The fraction of sp³-hybridized carbons (Fsp3) is 0.400. The molecule has 1 aliphatic heterocycles. The first-order valence-electron chi connectivity index (χ1n) is 11.0. The molecular formula is C25H28N2O5. The average molecular weight is 437 g/mol. The Hall–Kier alpha value is -3.35. The molecule has 1 unspecified atom stereocenters. The monoisotopic (exact) mass is 436 g/mol. The summed E-state index contributed by atoms with van der Waals surface area (Å²) in [4.78, 5) is 38.3. The minimum Gasteiger partial charge on any atom is -0.481 e. The van der Waals surface area contributed by atoms with E-state index in [0.29, 0.717) is 12.8 Å². The summed E-state index contributed by atoms with van der Waals surface area (Å²) < 4.78 is 5.61. The number of nitrogens with one attached hydrogen (secondary N) is 1. The number of carbonyl (C=O) groups excluding carboxylic acids is 2. The van der Waals surface area contributed by atoms with Crippen LogP contribution in [0.3, 0.4) is 0 Å². The molecule has 2 amide bonds.